The summed E-state index contributed by atoms with van der Waals surface area (Å²) >= 11 is 6.65. The third-order valence-electron chi connectivity index (χ3n) is 3.73. The fraction of sp³-hybridized carbons (Fsp3) is 0.600. The molecule has 0 aliphatic rings. The van der Waals surface area contributed by atoms with E-state index in [2.05, 4.69) is 45.0 Å². The Kier molecular flexibility index (Phi) is 6.28. The van der Waals surface area contributed by atoms with Crippen LogP contribution in [0.5, 0.6) is 0 Å². The van der Waals surface area contributed by atoms with Crippen molar-refractivity contribution in [3.63, 3.8) is 0 Å². The second-order valence-electron chi connectivity index (χ2n) is 5.05. The number of hydrogen-bond donors (Lipinski definition) is 0. The molecule has 0 radical (unpaired) electrons. The van der Waals surface area contributed by atoms with Crippen molar-refractivity contribution >= 4 is 18.5 Å². The van der Waals surface area contributed by atoms with E-state index in [4.69, 9.17) is 11.1 Å². The van der Waals surface area contributed by atoms with Crippen LogP contribution >= 0.6 is 11.1 Å². The Morgan fingerprint density at radius 2 is 1.59 bits per heavy atom. The van der Waals surface area contributed by atoms with E-state index in [1.54, 1.807) is 0 Å². The van der Waals surface area contributed by atoms with Crippen LogP contribution in [0.2, 0.25) is 18.1 Å². The van der Waals surface area contributed by atoms with Crippen LogP contribution in [0.15, 0.2) is 24.3 Å². The summed E-state index contributed by atoms with van der Waals surface area (Å²) in [6, 6.07) is 12.6. The largest absolute Gasteiger partial charge is 0.167 e. The van der Waals surface area contributed by atoms with Crippen molar-refractivity contribution in [2.75, 3.05) is 0 Å². The summed E-state index contributed by atoms with van der Waals surface area (Å²) < 4.78 is 0. The first-order valence-electron chi connectivity index (χ1n) is 6.84. The molecular formula is C15H25ClSi. The number of hydrogen-bond acceptors (Lipinski definition) is 0. The summed E-state index contributed by atoms with van der Waals surface area (Å²) in [4.78, 5) is 0. The van der Waals surface area contributed by atoms with E-state index in [0.29, 0.717) is 0 Å². The van der Waals surface area contributed by atoms with Gasteiger partial charge >= 0.3 is 0 Å². The predicted octanol–water partition coefficient (Wildman–Crippen LogP) is 5.54. The maximum atomic E-state index is 6.65. The molecule has 0 fully saturated rings. The van der Waals surface area contributed by atoms with Crippen LogP contribution < -0.4 is 0 Å². The number of unbranched alkanes of at least 4 members (excludes halogenated alkanes) is 1. The third kappa shape index (κ3) is 5.26. The van der Waals surface area contributed by atoms with Gasteiger partial charge in [0.25, 0.3) is 0 Å². The minimum absolute atomic E-state index is 1.20. The topological polar surface area (TPSA) is 0 Å². The summed E-state index contributed by atoms with van der Waals surface area (Å²) in [5, 5.41) is 0. The van der Waals surface area contributed by atoms with Crippen molar-refractivity contribution in [3.8, 4) is 0 Å². The molecule has 0 nitrogen and oxygen atoms in total. The SMILES string of the molecule is CC[Si](Cl)(CC)CCCCc1ccc(C)cc1. The normalized spacial score (nSPS) is 11.8. The second-order valence-corrected chi connectivity index (χ2v) is 11.7. The second kappa shape index (κ2) is 7.23. The van der Waals surface area contributed by atoms with Crippen molar-refractivity contribution in [1.29, 1.82) is 0 Å². The van der Waals surface area contributed by atoms with Crippen molar-refractivity contribution in [1.82, 2.24) is 0 Å². The van der Waals surface area contributed by atoms with Crippen LogP contribution in [-0.4, -0.2) is 7.38 Å². The predicted molar refractivity (Wildman–Crippen MR) is 81.5 cm³/mol. The van der Waals surface area contributed by atoms with Crippen molar-refractivity contribution in [2.45, 2.75) is 58.2 Å². The van der Waals surface area contributed by atoms with E-state index in [9.17, 15) is 0 Å². The van der Waals surface area contributed by atoms with E-state index in [1.807, 2.05) is 0 Å². The molecule has 0 bridgehead atoms. The van der Waals surface area contributed by atoms with E-state index in [1.165, 1.54) is 48.5 Å². The molecule has 96 valence electrons. The Labute approximate surface area is 112 Å². The molecule has 0 spiro atoms. The first-order valence-corrected chi connectivity index (χ1v) is 10.5. The molecule has 0 aliphatic heterocycles. The van der Waals surface area contributed by atoms with Gasteiger partial charge in [-0.1, -0.05) is 50.1 Å². The quantitative estimate of drug-likeness (QED) is 0.346. The highest BCUT2D eigenvalue weighted by Crippen LogP contribution is 2.27. The molecule has 0 N–H and O–H groups in total. The molecule has 0 heterocycles. The fourth-order valence-corrected chi connectivity index (χ4v) is 4.62. The highest BCUT2D eigenvalue weighted by molar-refractivity contribution is 7.20. The van der Waals surface area contributed by atoms with E-state index >= 15 is 0 Å². The van der Waals surface area contributed by atoms with Crippen LogP contribution in [0, 0.1) is 6.92 Å². The Hall–Kier alpha value is -0.273. The lowest BCUT2D eigenvalue weighted by Crippen LogP contribution is -2.23. The number of rotatable bonds is 7. The molecule has 1 aromatic rings. The summed E-state index contributed by atoms with van der Waals surface area (Å²) in [5.74, 6) is 0. The molecule has 0 saturated carbocycles. The van der Waals surface area contributed by atoms with Crippen LogP contribution in [0.4, 0.5) is 0 Å². The number of aryl methyl sites for hydroxylation is 2. The molecule has 0 aromatic heterocycles. The minimum atomic E-state index is -1.37. The molecule has 2 heteroatoms. The van der Waals surface area contributed by atoms with Crippen molar-refractivity contribution < 1.29 is 0 Å². The van der Waals surface area contributed by atoms with Crippen LogP contribution in [0.3, 0.4) is 0 Å². The van der Waals surface area contributed by atoms with E-state index in [-0.39, 0.29) is 0 Å². The zero-order valence-electron chi connectivity index (χ0n) is 11.4. The summed E-state index contributed by atoms with van der Waals surface area (Å²) in [7, 11) is -1.37. The molecule has 0 unspecified atom stereocenters. The average molecular weight is 269 g/mol. The van der Waals surface area contributed by atoms with Gasteiger partial charge in [0, 0.05) is 0 Å². The fourth-order valence-electron chi connectivity index (χ4n) is 2.13. The first-order chi connectivity index (χ1) is 8.09. The summed E-state index contributed by atoms with van der Waals surface area (Å²) in [6.07, 6.45) is 3.78. The third-order valence-corrected chi connectivity index (χ3v) is 9.68. The lowest BCUT2D eigenvalue weighted by Gasteiger charge is -2.20. The van der Waals surface area contributed by atoms with Gasteiger partial charge in [0.2, 0.25) is 0 Å². The zero-order valence-corrected chi connectivity index (χ0v) is 13.2. The molecule has 0 aliphatic carbocycles. The van der Waals surface area contributed by atoms with Crippen LogP contribution in [-0.2, 0) is 6.42 Å². The van der Waals surface area contributed by atoms with Gasteiger partial charge in [0.15, 0.2) is 7.38 Å². The van der Waals surface area contributed by atoms with Gasteiger partial charge in [-0.25, -0.2) is 0 Å². The standard InChI is InChI=1S/C15H25ClSi/c1-4-17(16,5-2)13-7-6-8-15-11-9-14(3)10-12-15/h9-12H,4-8,13H2,1-3H3. The summed E-state index contributed by atoms with van der Waals surface area (Å²) in [5.41, 5.74) is 2.81. The number of benzene rings is 1. The Bertz CT molecular complexity index is 314. The van der Waals surface area contributed by atoms with E-state index < -0.39 is 7.38 Å². The van der Waals surface area contributed by atoms with Gasteiger partial charge < -0.3 is 0 Å². The molecule has 1 aromatic carbocycles. The van der Waals surface area contributed by atoms with Gasteiger partial charge in [0.05, 0.1) is 0 Å². The maximum Gasteiger partial charge on any atom is 0.156 e. The summed E-state index contributed by atoms with van der Waals surface area (Å²) in [6.45, 7) is 6.64. The van der Waals surface area contributed by atoms with Gasteiger partial charge in [-0.05, 0) is 43.5 Å². The zero-order chi connectivity index (χ0) is 12.7. The van der Waals surface area contributed by atoms with Gasteiger partial charge in [-0.3, -0.25) is 0 Å². The van der Waals surface area contributed by atoms with Crippen molar-refractivity contribution in [3.05, 3.63) is 35.4 Å². The molecule has 1 rings (SSSR count). The number of halogens is 1. The van der Waals surface area contributed by atoms with Gasteiger partial charge in [-0.15, -0.1) is 0 Å². The minimum Gasteiger partial charge on any atom is -0.167 e. The molecular weight excluding hydrogens is 244 g/mol. The van der Waals surface area contributed by atoms with E-state index in [0.717, 1.165) is 0 Å². The molecule has 0 atom stereocenters. The Morgan fingerprint density at radius 3 is 2.12 bits per heavy atom. The maximum absolute atomic E-state index is 6.65. The lowest BCUT2D eigenvalue weighted by molar-refractivity contribution is 0.783. The van der Waals surface area contributed by atoms with Gasteiger partial charge in [0.1, 0.15) is 0 Å². The van der Waals surface area contributed by atoms with Crippen molar-refractivity contribution in [2.24, 2.45) is 0 Å². The molecule has 0 amide bonds. The average Bonchev–Trinajstić information content (AvgIpc) is 2.36. The monoisotopic (exact) mass is 268 g/mol. The van der Waals surface area contributed by atoms with Crippen LogP contribution in [0.25, 0.3) is 0 Å². The van der Waals surface area contributed by atoms with Crippen LogP contribution in [0.1, 0.15) is 37.8 Å². The lowest BCUT2D eigenvalue weighted by atomic mass is 10.1. The molecule has 0 saturated heterocycles. The van der Waals surface area contributed by atoms with Gasteiger partial charge in [-0.2, -0.15) is 11.1 Å². The molecule has 17 heavy (non-hydrogen) atoms. The highest BCUT2D eigenvalue weighted by Gasteiger charge is 2.25. The smallest absolute Gasteiger partial charge is 0.156 e. The first kappa shape index (κ1) is 14.8. The highest BCUT2D eigenvalue weighted by atomic mass is 35.6. The Morgan fingerprint density at radius 1 is 1.00 bits per heavy atom. The Balaban J connectivity index is 2.26.